The summed E-state index contributed by atoms with van der Waals surface area (Å²) in [5.74, 6) is -0.128. The number of nitrogen functional groups attached to an aromatic ring is 1. The zero-order valence-corrected chi connectivity index (χ0v) is 15.8. The Morgan fingerprint density at radius 1 is 1.19 bits per heavy atom. The van der Waals surface area contributed by atoms with Gasteiger partial charge in [0.15, 0.2) is 9.68 Å². The minimum Gasteiger partial charge on any atom is -0.462 e. The Labute approximate surface area is 160 Å². The molecule has 1 heterocycles. The molecule has 5 nitrogen and oxygen atoms in total. The highest BCUT2D eigenvalue weighted by atomic mass is 35.5. The second kappa shape index (κ2) is 8.21. The summed E-state index contributed by atoms with van der Waals surface area (Å²) < 4.78 is 6.87. The normalized spacial score (nSPS) is 11.5. The van der Waals surface area contributed by atoms with E-state index >= 15 is 0 Å². The van der Waals surface area contributed by atoms with E-state index in [0.29, 0.717) is 27.1 Å². The summed E-state index contributed by atoms with van der Waals surface area (Å²) >= 11 is 7.42. The number of nitrogens with zero attached hydrogens (tertiary/aromatic N) is 2. The smallest absolute Gasteiger partial charge is 0.352 e. The molecule has 0 aliphatic rings. The molecule has 0 amide bonds. The molecule has 0 atom stereocenters. The zero-order valence-electron chi connectivity index (χ0n) is 14.2. The van der Waals surface area contributed by atoms with Crippen LogP contribution in [0.5, 0.6) is 0 Å². The van der Waals surface area contributed by atoms with E-state index < -0.39 is 5.97 Å². The quantitative estimate of drug-likeness (QED) is 0.671. The lowest BCUT2D eigenvalue weighted by atomic mass is 10.2. The van der Waals surface area contributed by atoms with Crippen molar-refractivity contribution in [3.05, 3.63) is 74.9 Å². The van der Waals surface area contributed by atoms with Gasteiger partial charge in [-0.25, -0.2) is 4.79 Å². The van der Waals surface area contributed by atoms with E-state index in [1.165, 1.54) is 11.3 Å². The number of esters is 1. The van der Waals surface area contributed by atoms with Gasteiger partial charge in [-0.3, -0.25) is 9.56 Å². The van der Waals surface area contributed by atoms with E-state index in [-0.39, 0.29) is 6.61 Å². The maximum atomic E-state index is 12.2. The lowest BCUT2D eigenvalue weighted by molar-refractivity contribution is 0.0533. The van der Waals surface area contributed by atoms with E-state index in [9.17, 15) is 4.79 Å². The number of aromatic nitrogens is 1. The molecule has 0 fully saturated rings. The number of hydrogen-bond acceptors (Lipinski definition) is 5. The monoisotopic (exact) mass is 387 g/mol. The van der Waals surface area contributed by atoms with Gasteiger partial charge >= 0.3 is 5.97 Å². The predicted molar refractivity (Wildman–Crippen MR) is 105 cm³/mol. The van der Waals surface area contributed by atoms with E-state index in [4.69, 9.17) is 22.1 Å². The zero-order chi connectivity index (χ0) is 18.5. The number of para-hydroxylation sites is 1. The molecule has 134 valence electrons. The van der Waals surface area contributed by atoms with Crippen LogP contribution in [-0.4, -0.2) is 17.1 Å². The number of halogens is 1. The summed E-state index contributed by atoms with van der Waals surface area (Å²) in [7, 11) is 0. The molecule has 2 N–H and O–H groups in total. The van der Waals surface area contributed by atoms with Crippen LogP contribution in [-0.2, 0) is 11.3 Å². The first-order chi connectivity index (χ1) is 12.6. The summed E-state index contributed by atoms with van der Waals surface area (Å²) in [5, 5.41) is 0.651. The van der Waals surface area contributed by atoms with E-state index in [0.717, 1.165) is 11.3 Å². The van der Waals surface area contributed by atoms with Gasteiger partial charge in [-0.15, -0.1) is 0 Å². The molecule has 26 heavy (non-hydrogen) atoms. The Morgan fingerprint density at radius 2 is 1.88 bits per heavy atom. The Kier molecular flexibility index (Phi) is 5.75. The molecule has 0 aliphatic carbocycles. The van der Waals surface area contributed by atoms with Gasteiger partial charge in [0.25, 0.3) is 0 Å². The summed E-state index contributed by atoms with van der Waals surface area (Å²) in [6, 6.07) is 17.1. The third-order valence-corrected chi connectivity index (χ3v) is 5.12. The molecule has 1 aromatic heterocycles. The van der Waals surface area contributed by atoms with Crippen LogP contribution in [0.4, 0.5) is 5.82 Å². The van der Waals surface area contributed by atoms with Crippen molar-refractivity contribution in [3.8, 4) is 5.69 Å². The number of thiazole rings is 1. The number of ether oxygens (including phenoxy) is 1. The minimum atomic E-state index is -0.445. The summed E-state index contributed by atoms with van der Waals surface area (Å²) in [4.78, 5) is 17.8. The highest BCUT2D eigenvalue weighted by molar-refractivity contribution is 7.11. The third kappa shape index (κ3) is 3.81. The largest absolute Gasteiger partial charge is 0.462 e. The Morgan fingerprint density at radius 3 is 2.58 bits per heavy atom. The number of anilines is 1. The molecule has 7 heteroatoms. The molecule has 0 unspecified atom stereocenters. The second-order valence-corrected chi connectivity index (χ2v) is 6.78. The van der Waals surface area contributed by atoms with Crippen LogP contribution in [0.15, 0.2) is 59.6 Å². The molecule has 0 saturated heterocycles. The molecule has 3 aromatic rings. The van der Waals surface area contributed by atoms with Crippen LogP contribution in [0.2, 0.25) is 5.02 Å². The van der Waals surface area contributed by atoms with Crippen molar-refractivity contribution < 1.29 is 9.53 Å². The number of hydrogen-bond donors (Lipinski definition) is 1. The van der Waals surface area contributed by atoms with Crippen LogP contribution < -0.4 is 10.5 Å². The Balaban J connectivity index is 2.11. The number of carbonyl (C=O) groups excluding carboxylic acids is 1. The maximum absolute atomic E-state index is 12.2. The van der Waals surface area contributed by atoms with Gasteiger partial charge in [0.2, 0.25) is 0 Å². The van der Waals surface area contributed by atoms with Gasteiger partial charge in [0, 0.05) is 10.7 Å². The third-order valence-electron chi connectivity index (χ3n) is 3.68. The first kappa shape index (κ1) is 18.2. The van der Waals surface area contributed by atoms with Gasteiger partial charge in [-0.2, -0.15) is 0 Å². The van der Waals surface area contributed by atoms with Gasteiger partial charge in [0.1, 0.15) is 5.82 Å². The number of nitrogens with two attached hydrogens (primary N) is 1. The SMILES string of the molecule is CCOC(=O)c1sc(=NCc2ccccc2Cl)n(-c2ccccc2)c1N. The lowest BCUT2D eigenvalue weighted by Gasteiger charge is -2.06. The minimum absolute atomic E-state index is 0.285. The highest BCUT2D eigenvalue weighted by Crippen LogP contribution is 2.21. The first-order valence-corrected chi connectivity index (χ1v) is 9.29. The van der Waals surface area contributed by atoms with Gasteiger partial charge in [0.05, 0.1) is 13.2 Å². The topological polar surface area (TPSA) is 69.6 Å². The summed E-state index contributed by atoms with van der Waals surface area (Å²) in [6.07, 6.45) is 0. The second-order valence-electron chi connectivity index (χ2n) is 5.40. The standard InChI is InChI=1S/C19H18ClN3O2S/c1-2-25-18(24)16-17(21)23(14-9-4-3-5-10-14)19(26-16)22-12-13-8-6-7-11-15(13)20/h3-11H,2,12,21H2,1H3. The van der Waals surface area contributed by atoms with Crippen LogP contribution in [0.25, 0.3) is 5.69 Å². The molecular formula is C19H18ClN3O2S. The van der Waals surface area contributed by atoms with Gasteiger partial charge < -0.3 is 10.5 Å². The average molecular weight is 388 g/mol. The predicted octanol–water partition coefficient (Wildman–Crippen LogP) is 4.05. The van der Waals surface area contributed by atoms with Crippen LogP contribution >= 0.6 is 22.9 Å². The highest BCUT2D eigenvalue weighted by Gasteiger charge is 2.19. The van der Waals surface area contributed by atoms with Crippen molar-refractivity contribution in [2.45, 2.75) is 13.5 Å². The first-order valence-electron chi connectivity index (χ1n) is 8.09. The summed E-state index contributed by atoms with van der Waals surface area (Å²) in [6.45, 7) is 2.43. The van der Waals surface area contributed by atoms with Gasteiger partial charge in [-0.05, 0) is 30.7 Å². The van der Waals surface area contributed by atoms with E-state index in [1.807, 2.05) is 54.6 Å². The number of carbonyl (C=O) groups is 1. The van der Waals surface area contributed by atoms with Crippen LogP contribution in [0.1, 0.15) is 22.2 Å². The van der Waals surface area contributed by atoms with E-state index in [1.54, 1.807) is 11.5 Å². The van der Waals surface area contributed by atoms with Crippen LogP contribution in [0.3, 0.4) is 0 Å². The number of rotatable bonds is 5. The molecule has 0 radical (unpaired) electrons. The van der Waals surface area contributed by atoms with E-state index in [2.05, 4.69) is 4.99 Å². The molecular weight excluding hydrogens is 370 g/mol. The van der Waals surface area contributed by atoms with Crippen molar-refractivity contribution in [2.24, 2.45) is 4.99 Å². The molecule has 0 aliphatic heterocycles. The van der Waals surface area contributed by atoms with Crippen molar-refractivity contribution in [2.75, 3.05) is 12.3 Å². The van der Waals surface area contributed by atoms with Crippen molar-refractivity contribution in [1.82, 2.24) is 4.57 Å². The molecule has 0 saturated carbocycles. The lowest BCUT2D eigenvalue weighted by Crippen LogP contribution is -2.16. The average Bonchev–Trinajstić information content (AvgIpc) is 2.98. The molecule has 0 spiro atoms. The van der Waals surface area contributed by atoms with Gasteiger partial charge in [-0.1, -0.05) is 59.3 Å². The summed E-state index contributed by atoms with van der Waals surface area (Å²) in [5.41, 5.74) is 7.98. The fourth-order valence-electron chi connectivity index (χ4n) is 2.45. The fourth-order valence-corrected chi connectivity index (χ4v) is 3.59. The fraction of sp³-hybridized carbons (Fsp3) is 0.158. The number of benzene rings is 2. The maximum Gasteiger partial charge on any atom is 0.352 e. The van der Waals surface area contributed by atoms with Crippen LogP contribution in [0, 0.1) is 0 Å². The molecule has 0 bridgehead atoms. The Bertz CT molecular complexity index is 980. The van der Waals surface area contributed by atoms with Crippen molar-refractivity contribution in [1.29, 1.82) is 0 Å². The van der Waals surface area contributed by atoms with Crippen molar-refractivity contribution >= 4 is 34.7 Å². The molecule has 3 rings (SSSR count). The van der Waals surface area contributed by atoms with Crippen molar-refractivity contribution in [3.63, 3.8) is 0 Å². The molecule has 2 aromatic carbocycles. The Hall–Kier alpha value is -2.57.